The highest BCUT2D eigenvalue weighted by atomic mass is 16.1. The molecule has 0 aromatic carbocycles. The molecule has 0 bridgehead atoms. The third-order valence-electron chi connectivity index (χ3n) is 4.06. The topological polar surface area (TPSA) is 17.1 Å². The summed E-state index contributed by atoms with van der Waals surface area (Å²) in [4.78, 5) is 12.1. The fraction of sp³-hybridized carbons (Fsp3) is 0.800. The number of carbonyl (C=O) groups excluding carboxylic acids is 1. The van der Waals surface area contributed by atoms with Crippen LogP contribution in [0.15, 0.2) is 12.7 Å². The van der Waals surface area contributed by atoms with Crippen LogP contribution in [-0.2, 0) is 4.79 Å². The molecule has 0 aliphatic heterocycles. The van der Waals surface area contributed by atoms with Gasteiger partial charge in [-0.15, -0.1) is 6.58 Å². The second-order valence-electron chi connectivity index (χ2n) is 6.08. The lowest BCUT2D eigenvalue weighted by Gasteiger charge is -2.37. The Morgan fingerprint density at radius 2 is 2.12 bits per heavy atom. The van der Waals surface area contributed by atoms with Crippen molar-refractivity contribution in [3.8, 4) is 0 Å². The smallest absolute Gasteiger partial charge is 0.136 e. The van der Waals surface area contributed by atoms with E-state index in [0.29, 0.717) is 17.6 Å². The molecule has 1 aliphatic carbocycles. The van der Waals surface area contributed by atoms with Crippen LogP contribution in [0.4, 0.5) is 0 Å². The Labute approximate surface area is 100 Å². The molecule has 1 rings (SSSR count). The molecule has 0 aromatic heterocycles. The summed E-state index contributed by atoms with van der Waals surface area (Å²) >= 11 is 0. The number of hydrogen-bond donors (Lipinski definition) is 0. The molecule has 1 aliphatic rings. The first kappa shape index (κ1) is 13.5. The molecule has 0 radical (unpaired) electrons. The molecule has 1 fully saturated rings. The molecule has 92 valence electrons. The maximum atomic E-state index is 12.1. The van der Waals surface area contributed by atoms with Crippen LogP contribution in [0, 0.1) is 17.3 Å². The number of unbranched alkanes of at least 4 members (excludes halogenated alkanes) is 1. The molecule has 0 amide bonds. The van der Waals surface area contributed by atoms with Crippen LogP contribution in [0.25, 0.3) is 0 Å². The van der Waals surface area contributed by atoms with Crippen LogP contribution in [0.2, 0.25) is 0 Å². The number of allylic oxidation sites excluding steroid dienone is 1. The summed E-state index contributed by atoms with van der Waals surface area (Å²) in [7, 11) is 0. The maximum absolute atomic E-state index is 12.1. The Morgan fingerprint density at radius 3 is 2.69 bits per heavy atom. The Kier molecular flexibility index (Phi) is 4.76. The van der Waals surface area contributed by atoms with E-state index < -0.39 is 0 Å². The molecule has 0 saturated heterocycles. The van der Waals surface area contributed by atoms with Gasteiger partial charge in [-0.2, -0.15) is 0 Å². The Morgan fingerprint density at radius 1 is 1.44 bits per heavy atom. The van der Waals surface area contributed by atoms with Gasteiger partial charge < -0.3 is 0 Å². The van der Waals surface area contributed by atoms with Crippen LogP contribution in [0.5, 0.6) is 0 Å². The van der Waals surface area contributed by atoms with E-state index in [1.807, 2.05) is 6.08 Å². The van der Waals surface area contributed by atoms with Gasteiger partial charge >= 0.3 is 0 Å². The quantitative estimate of drug-likeness (QED) is 0.498. The first-order valence-corrected chi connectivity index (χ1v) is 6.61. The van der Waals surface area contributed by atoms with Gasteiger partial charge in [0.1, 0.15) is 5.78 Å². The Hall–Kier alpha value is -0.590. The van der Waals surface area contributed by atoms with E-state index >= 15 is 0 Å². The summed E-state index contributed by atoms with van der Waals surface area (Å²) in [5.74, 6) is 1.41. The fourth-order valence-electron chi connectivity index (χ4n) is 2.90. The van der Waals surface area contributed by atoms with E-state index in [0.717, 1.165) is 32.1 Å². The third kappa shape index (κ3) is 3.47. The standard InChI is InChI=1S/C15H26O/c1-5-6-7-10-15(3,4)13-9-8-12(2)11-14(13)16/h5,12-13H,1,6-11H2,2-4H3. The van der Waals surface area contributed by atoms with Gasteiger partial charge in [0.2, 0.25) is 0 Å². The lowest BCUT2D eigenvalue weighted by atomic mass is 9.66. The fourth-order valence-corrected chi connectivity index (χ4v) is 2.90. The van der Waals surface area contributed by atoms with Crippen molar-refractivity contribution in [1.82, 2.24) is 0 Å². The van der Waals surface area contributed by atoms with Crippen molar-refractivity contribution in [2.75, 3.05) is 0 Å². The second kappa shape index (κ2) is 5.65. The summed E-state index contributed by atoms with van der Waals surface area (Å²) < 4.78 is 0. The van der Waals surface area contributed by atoms with Gasteiger partial charge in [0, 0.05) is 12.3 Å². The molecule has 0 heterocycles. The highest BCUT2D eigenvalue weighted by Crippen LogP contribution is 2.41. The van der Waals surface area contributed by atoms with Crippen molar-refractivity contribution < 1.29 is 4.79 Å². The van der Waals surface area contributed by atoms with Gasteiger partial charge in [0.15, 0.2) is 0 Å². The van der Waals surface area contributed by atoms with Crippen LogP contribution < -0.4 is 0 Å². The van der Waals surface area contributed by atoms with E-state index in [-0.39, 0.29) is 5.41 Å². The Balaban J connectivity index is 2.53. The summed E-state index contributed by atoms with van der Waals surface area (Å²) in [6.45, 7) is 10.5. The number of hydrogen-bond acceptors (Lipinski definition) is 1. The van der Waals surface area contributed by atoms with E-state index in [4.69, 9.17) is 0 Å². The minimum atomic E-state index is 0.181. The molecular weight excluding hydrogens is 196 g/mol. The van der Waals surface area contributed by atoms with Gasteiger partial charge in [-0.3, -0.25) is 4.79 Å². The first-order valence-electron chi connectivity index (χ1n) is 6.61. The molecule has 2 unspecified atom stereocenters. The summed E-state index contributed by atoms with van der Waals surface area (Å²) in [6, 6.07) is 0. The zero-order chi connectivity index (χ0) is 12.2. The van der Waals surface area contributed by atoms with Gasteiger partial charge in [-0.1, -0.05) is 26.8 Å². The molecule has 1 saturated carbocycles. The van der Waals surface area contributed by atoms with E-state index in [9.17, 15) is 4.79 Å². The molecule has 0 spiro atoms. The minimum absolute atomic E-state index is 0.181. The molecule has 0 aromatic rings. The molecule has 1 nitrogen and oxygen atoms in total. The summed E-state index contributed by atoms with van der Waals surface area (Å²) in [5, 5.41) is 0. The lowest BCUT2D eigenvalue weighted by molar-refractivity contribution is -0.130. The monoisotopic (exact) mass is 222 g/mol. The van der Waals surface area contributed by atoms with Gasteiger partial charge in [0.05, 0.1) is 0 Å². The average molecular weight is 222 g/mol. The third-order valence-corrected chi connectivity index (χ3v) is 4.06. The van der Waals surface area contributed by atoms with Gasteiger partial charge in [-0.25, -0.2) is 0 Å². The van der Waals surface area contributed by atoms with Crippen molar-refractivity contribution in [3.63, 3.8) is 0 Å². The van der Waals surface area contributed by atoms with Crippen molar-refractivity contribution >= 4 is 5.78 Å². The highest BCUT2D eigenvalue weighted by Gasteiger charge is 2.37. The van der Waals surface area contributed by atoms with Crippen molar-refractivity contribution in [2.45, 2.75) is 59.3 Å². The van der Waals surface area contributed by atoms with Crippen molar-refractivity contribution in [2.24, 2.45) is 17.3 Å². The highest BCUT2D eigenvalue weighted by molar-refractivity contribution is 5.82. The molecule has 0 N–H and O–H groups in total. The summed E-state index contributed by atoms with van der Waals surface area (Å²) in [5.41, 5.74) is 0.181. The van der Waals surface area contributed by atoms with Crippen LogP contribution in [-0.4, -0.2) is 5.78 Å². The molecule has 2 atom stereocenters. The van der Waals surface area contributed by atoms with Crippen LogP contribution >= 0.6 is 0 Å². The van der Waals surface area contributed by atoms with Crippen molar-refractivity contribution in [3.05, 3.63) is 12.7 Å². The van der Waals surface area contributed by atoms with Crippen LogP contribution in [0.3, 0.4) is 0 Å². The molecule has 16 heavy (non-hydrogen) atoms. The van der Waals surface area contributed by atoms with Gasteiger partial charge in [0.25, 0.3) is 0 Å². The lowest BCUT2D eigenvalue weighted by Crippen LogP contribution is -2.35. The summed E-state index contributed by atoms with van der Waals surface area (Å²) in [6.07, 6.45) is 8.47. The number of ketones is 1. The normalized spacial score (nSPS) is 26.8. The predicted octanol–water partition coefficient (Wildman–Crippen LogP) is 4.37. The second-order valence-corrected chi connectivity index (χ2v) is 6.08. The minimum Gasteiger partial charge on any atom is -0.299 e. The number of carbonyl (C=O) groups is 1. The van der Waals surface area contributed by atoms with E-state index in [1.54, 1.807) is 0 Å². The maximum Gasteiger partial charge on any atom is 0.136 e. The predicted molar refractivity (Wildman–Crippen MR) is 69.3 cm³/mol. The number of Topliss-reactive ketones (excluding diaryl/α,β-unsaturated/α-hetero) is 1. The van der Waals surface area contributed by atoms with E-state index in [2.05, 4.69) is 27.4 Å². The SMILES string of the molecule is C=CCCCC(C)(C)C1CCC(C)CC1=O. The average Bonchev–Trinajstić information content (AvgIpc) is 2.17. The molecule has 1 heteroatoms. The van der Waals surface area contributed by atoms with Gasteiger partial charge in [-0.05, 0) is 43.4 Å². The first-order chi connectivity index (χ1) is 7.47. The largest absolute Gasteiger partial charge is 0.299 e. The molecular formula is C15H26O. The van der Waals surface area contributed by atoms with E-state index in [1.165, 1.54) is 6.42 Å². The zero-order valence-corrected chi connectivity index (χ0v) is 11.1. The van der Waals surface area contributed by atoms with Crippen molar-refractivity contribution in [1.29, 1.82) is 0 Å². The van der Waals surface area contributed by atoms with Crippen LogP contribution in [0.1, 0.15) is 59.3 Å². The number of rotatable bonds is 5. The zero-order valence-electron chi connectivity index (χ0n) is 11.1. The Bertz CT molecular complexity index is 252.